The minimum atomic E-state index is -0.618. The highest BCUT2D eigenvalue weighted by Crippen LogP contribution is 2.33. The van der Waals surface area contributed by atoms with E-state index in [-0.39, 0.29) is 0 Å². The molecule has 0 saturated heterocycles. The highest BCUT2D eigenvalue weighted by Gasteiger charge is 2.27. The summed E-state index contributed by atoms with van der Waals surface area (Å²) in [6.45, 7) is 0. The topological polar surface area (TPSA) is 119 Å². The van der Waals surface area contributed by atoms with Gasteiger partial charge in [0, 0.05) is 11.4 Å². The van der Waals surface area contributed by atoms with Gasteiger partial charge in [0.1, 0.15) is 11.6 Å². The van der Waals surface area contributed by atoms with E-state index < -0.39 is 12.2 Å². The Balaban J connectivity index is 1.79. The average molecular weight is 377 g/mol. The number of urea groups is 1. The summed E-state index contributed by atoms with van der Waals surface area (Å²) in [7, 11) is 1.62. The molecule has 28 heavy (non-hydrogen) atoms. The summed E-state index contributed by atoms with van der Waals surface area (Å²) in [6.07, 6.45) is 1.13. The van der Waals surface area contributed by atoms with Crippen molar-refractivity contribution in [3.63, 3.8) is 0 Å². The highest BCUT2D eigenvalue weighted by atomic mass is 16.5. The fraction of sp³-hybridized carbons (Fsp3) is 0.100. The number of rotatable bonds is 4. The molecule has 0 bridgehead atoms. The number of carbonyl (C=O) groups is 1. The third-order valence-electron chi connectivity index (χ3n) is 4.49. The van der Waals surface area contributed by atoms with E-state index in [4.69, 9.17) is 25.6 Å². The number of hydrogen-bond donors (Lipinski definition) is 3. The van der Waals surface area contributed by atoms with Crippen LogP contribution in [0.15, 0.2) is 70.3 Å². The molecule has 142 valence electrons. The smallest absolute Gasteiger partial charge is 0.316 e. The number of primary amides is 1. The van der Waals surface area contributed by atoms with Crippen LogP contribution in [-0.2, 0) is 0 Å². The number of methoxy groups -OCH3 is 1. The van der Waals surface area contributed by atoms with Crippen molar-refractivity contribution in [1.29, 1.82) is 0 Å². The van der Waals surface area contributed by atoms with E-state index in [0.717, 1.165) is 22.2 Å². The second-order valence-corrected chi connectivity index (χ2v) is 6.21. The molecule has 0 spiro atoms. The molecular formula is C20H19N5O3. The molecule has 5 N–H and O–H groups in total. The van der Waals surface area contributed by atoms with E-state index in [1.165, 1.54) is 0 Å². The van der Waals surface area contributed by atoms with E-state index in [1.807, 2.05) is 41.3 Å². The summed E-state index contributed by atoms with van der Waals surface area (Å²) < 4.78 is 10.7. The van der Waals surface area contributed by atoms with Crippen LogP contribution in [0.4, 0.5) is 16.2 Å². The zero-order valence-electron chi connectivity index (χ0n) is 15.1. The van der Waals surface area contributed by atoms with Gasteiger partial charge in [0.05, 0.1) is 18.6 Å². The first-order valence-electron chi connectivity index (χ1n) is 8.57. The molecule has 0 saturated carbocycles. The summed E-state index contributed by atoms with van der Waals surface area (Å²) in [4.78, 5) is 17.7. The van der Waals surface area contributed by atoms with Crippen LogP contribution in [0.5, 0.6) is 5.75 Å². The lowest BCUT2D eigenvalue weighted by Gasteiger charge is -2.33. The average Bonchev–Trinajstić information content (AvgIpc) is 3.17. The number of anilines is 2. The third-order valence-corrected chi connectivity index (χ3v) is 4.49. The van der Waals surface area contributed by atoms with Gasteiger partial charge in [-0.05, 0) is 48.0 Å². The largest absolute Gasteiger partial charge is 0.497 e. The lowest BCUT2D eigenvalue weighted by molar-refractivity contribution is 0.259. The number of benzene rings is 2. The first-order chi connectivity index (χ1) is 13.6. The Morgan fingerprint density at radius 2 is 1.86 bits per heavy atom. The van der Waals surface area contributed by atoms with Gasteiger partial charge in [0.2, 0.25) is 5.55 Å². The Kier molecular flexibility index (Phi) is 4.36. The molecule has 1 aliphatic heterocycles. The Morgan fingerprint density at radius 3 is 2.50 bits per heavy atom. The predicted molar refractivity (Wildman–Crippen MR) is 105 cm³/mol. The number of fused-ring (bicyclic) bond motifs is 1. The number of nitrogens with two attached hydrogens (primary N) is 2. The number of nitrogens with one attached hydrogen (secondary N) is 1. The first-order valence-corrected chi connectivity index (χ1v) is 8.57. The van der Waals surface area contributed by atoms with Crippen molar-refractivity contribution >= 4 is 23.2 Å². The standard InChI is InChI=1S/C20H19N5O3/c1-27-15-8-6-14(7-9-15)25-17(21)16-10-11-28-19(16)24-18(25)12-2-4-13(5-3-12)23-20(22)26/h2-11,18H,21H2,1H3,(H3,22,23,26). The Morgan fingerprint density at radius 1 is 1.14 bits per heavy atom. The minimum absolute atomic E-state index is 0.435. The fourth-order valence-electron chi connectivity index (χ4n) is 3.15. The molecule has 2 heterocycles. The molecular weight excluding hydrogens is 358 g/mol. The molecule has 2 amide bonds. The van der Waals surface area contributed by atoms with Gasteiger partial charge >= 0.3 is 6.03 Å². The van der Waals surface area contributed by atoms with Crippen LogP contribution < -0.4 is 37.2 Å². The Bertz CT molecular complexity index is 1120. The molecule has 0 aliphatic carbocycles. The molecule has 0 fully saturated rings. The van der Waals surface area contributed by atoms with Gasteiger partial charge in [-0.3, -0.25) is 0 Å². The second-order valence-electron chi connectivity index (χ2n) is 6.21. The highest BCUT2D eigenvalue weighted by molar-refractivity contribution is 5.87. The molecule has 1 atom stereocenters. The number of furan rings is 1. The molecule has 8 nitrogen and oxygen atoms in total. The van der Waals surface area contributed by atoms with E-state index in [0.29, 0.717) is 17.1 Å². The SMILES string of the molecule is COc1ccc(N2C(N)=c3ccoc3=NC2c2ccc(NC(N)=O)cc2)cc1. The molecule has 8 heteroatoms. The van der Waals surface area contributed by atoms with Crippen LogP contribution in [0.25, 0.3) is 5.82 Å². The van der Waals surface area contributed by atoms with Gasteiger partial charge in [0.15, 0.2) is 6.17 Å². The maximum absolute atomic E-state index is 11.0. The van der Waals surface area contributed by atoms with Crippen LogP contribution in [0.2, 0.25) is 0 Å². The maximum Gasteiger partial charge on any atom is 0.316 e. The van der Waals surface area contributed by atoms with Crippen LogP contribution in [0.3, 0.4) is 0 Å². The summed E-state index contributed by atoms with van der Waals surface area (Å²) in [5.41, 5.74) is 14.5. The van der Waals surface area contributed by atoms with Crippen LogP contribution in [0, 0.1) is 0 Å². The number of ether oxygens (including phenoxy) is 1. The van der Waals surface area contributed by atoms with Crippen molar-refractivity contribution in [2.24, 2.45) is 16.5 Å². The van der Waals surface area contributed by atoms with Crippen molar-refractivity contribution in [3.05, 3.63) is 77.2 Å². The van der Waals surface area contributed by atoms with Gasteiger partial charge in [0.25, 0.3) is 0 Å². The monoisotopic (exact) mass is 377 g/mol. The van der Waals surface area contributed by atoms with Crippen molar-refractivity contribution in [2.75, 3.05) is 17.3 Å². The molecule has 3 aromatic rings. The van der Waals surface area contributed by atoms with E-state index in [1.54, 1.807) is 31.6 Å². The van der Waals surface area contributed by atoms with Crippen molar-refractivity contribution in [1.82, 2.24) is 0 Å². The summed E-state index contributed by atoms with van der Waals surface area (Å²) >= 11 is 0. The second kappa shape index (κ2) is 6.99. The number of amides is 2. The van der Waals surface area contributed by atoms with Crippen LogP contribution in [0.1, 0.15) is 11.7 Å². The van der Waals surface area contributed by atoms with Gasteiger partial charge in [-0.2, -0.15) is 0 Å². The molecule has 1 aromatic heterocycles. The summed E-state index contributed by atoms with van der Waals surface area (Å²) in [5, 5.41) is 3.28. The van der Waals surface area contributed by atoms with E-state index in [2.05, 4.69) is 5.32 Å². The summed E-state index contributed by atoms with van der Waals surface area (Å²) in [5.74, 6) is 1.28. The fourth-order valence-corrected chi connectivity index (χ4v) is 3.15. The van der Waals surface area contributed by atoms with E-state index in [9.17, 15) is 4.79 Å². The Labute approximate surface area is 160 Å². The maximum atomic E-state index is 11.0. The van der Waals surface area contributed by atoms with Gasteiger partial charge < -0.3 is 30.8 Å². The van der Waals surface area contributed by atoms with Crippen molar-refractivity contribution < 1.29 is 13.9 Å². The molecule has 1 unspecified atom stereocenters. The normalized spacial score (nSPS) is 15.5. The quantitative estimate of drug-likeness (QED) is 0.639. The zero-order chi connectivity index (χ0) is 19.7. The first kappa shape index (κ1) is 17.5. The van der Waals surface area contributed by atoms with Gasteiger partial charge in [-0.15, -0.1) is 0 Å². The zero-order valence-corrected chi connectivity index (χ0v) is 15.1. The number of nitrogens with zero attached hydrogens (tertiary/aromatic N) is 2. The minimum Gasteiger partial charge on any atom is -0.497 e. The molecule has 4 rings (SSSR count). The van der Waals surface area contributed by atoms with Crippen LogP contribution >= 0.6 is 0 Å². The van der Waals surface area contributed by atoms with Gasteiger partial charge in [-0.1, -0.05) is 12.1 Å². The lowest BCUT2D eigenvalue weighted by atomic mass is 10.1. The molecule has 2 aromatic carbocycles. The van der Waals surface area contributed by atoms with E-state index >= 15 is 0 Å². The van der Waals surface area contributed by atoms with Crippen molar-refractivity contribution in [2.45, 2.75) is 6.17 Å². The summed E-state index contributed by atoms with van der Waals surface area (Å²) in [6, 6.07) is 16.0. The number of carbonyl (C=O) groups excluding carboxylic acids is 1. The van der Waals surface area contributed by atoms with Crippen LogP contribution in [-0.4, -0.2) is 13.1 Å². The van der Waals surface area contributed by atoms with Crippen molar-refractivity contribution in [3.8, 4) is 5.75 Å². The predicted octanol–water partition coefficient (Wildman–Crippen LogP) is 1.64. The molecule has 0 radical (unpaired) electrons. The Hall–Kier alpha value is -3.94. The molecule has 1 aliphatic rings. The van der Waals surface area contributed by atoms with Gasteiger partial charge in [-0.25, -0.2) is 9.79 Å². The number of hydrogen-bond acceptors (Lipinski definition) is 6. The lowest BCUT2D eigenvalue weighted by Crippen LogP contribution is -2.43. The third kappa shape index (κ3) is 3.11.